The standard InChI is InChI=1S/C68H62BN3/c1-7-9-21-45-31-35-48(36-32-45)70(47-23-13-11-14-24-47)51-39-40-60-62(41-51)71(49-37-33-46(34-38-49)22-10-8-2)63-43-55-53-28-18-20-30-58(53)68(5,6)65(55)64-56-42-54-52-27-17-19-29-57(52)67(3,4)59(54)44-61(56)72(69(60)66(63)64)50-25-15-12-16-26-50/h11-20,23-44H,7-10,21-22H2,1-6H3. The molecule has 4 aliphatic rings. The summed E-state index contributed by atoms with van der Waals surface area (Å²) < 4.78 is 0. The van der Waals surface area contributed by atoms with E-state index in [2.05, 4.69) is 250 Å². The van der Waals surface area contributed by atoms with Crippen molar-refractivity contribution in [3.8, 4) is 33.4 Å². The van der Waals surface area contributed by atoms with Gasteiger partial charge in [-0.15, -0.1) is 0 Å². The molecule has 0 amide bonds. The summed E-state index contributed by atoms with van der Waals surface area (Å²) in [6.45, 7) is 14.2. The molecule has 0 spiro atoms. The lowest BCUT2D eigenvalue weighted by molar-refractivity contribution is 0.659. The molecule has 72 heavy (non-hydrogen) atoms. The number of aryl methyl sites for hydroxylation is 2. The summed E-state index contributed by atoms with van der Waals surface area (Å²) in [5, 5.41) is 0. The third-order valence-electron chi connectivity index (χ3n) is 16.7. The fourth-order valence-corrected chi connectivity index (χ4v) is 13.2. The maximum absolute atomic E-state index is 2.70. The highest BCUT2D eigenvalue weighted by Crippen LogP contribution is 2.60. The molecule has 2 heterocycles. The Morgan fingerprint density at radius 2 is 1.00 bits per heavy atom. The van der Waals surface area contributed by atoms with Gasteiger partial charge in [0.1, 0.15) is 0 Å². The average molecular weight is 932 g/mol. The van der Waals surface area contributed by atoms with Crippen molar-refractivity contribution in [2.75, 3.05) is 14.6 Å². The largest absolute Gasteiger partial charge is 0.376 e. The maximum Gasteiger partial charge on any atom is 0.333 e. The molecule has 0 saturated heterocycles. The van der Waals surface area contributed by atoms with Crippen LogP contribution in [0, 0.1) is 0 Å². The second-order valence-electron chi connectivity index (χ2n) is 21.8. The molecule has 0 unspecified atom stereocenters. The molecule has 2 aliphatic heterocycles. The highest BCUT2D eigenvalue weighted by molar-refractivity contribution is 6.93. The normalized spacial score (nSPS) is 14.7. The summed E-state index contributed by atoms with van der Waals surface area (Å²) in [6, 6.07) is 74.5. The van der Waals surface area contributed by atoms with E-state index in [0.717, 1.165) is 29.9 Å². The van der Waals surface area contributed by atoms with Crippen molar-refractivity contribution in [1.82, 2.24) is 0 Å². The van der Waals surface area contributed by atoms with Gasteiger partial charge in [-0.3, -0.25) is 0 Å². The molecule has 0 aromatic heterocycles. The van der Waals surface area contributed by atoms with Gasteiger partial charge in [-0.2, -0.15) is 0 Å². The lowest BCUT2D eigenvalue weighted by atomic mass is 9.42. The fraction of sp³-hybridized carbons (Fsp3) is 0.206. The molecule has 0 atom stereocenters. The van der Waals surface area contributed by atoms with Gasteiger partial charge < -0.3 is 14.6 Å². The van der Waals surface area contributed by atoms with E-state index in [1.807, 2.05) is 0 Å². The third-order valence-corrected chi connectivity index (χ3v) is 16.7. The van der Waals surface area contributed by atoms with Gasteiger partial charge in [0.2, 0.25) is 0 Å². The predicted octanol–water partition coefficient (Wildman–Crippen LogP) is 17.2. The molecule has 9 aromatic carbocycles. The number of fused-ring (bicyclic) bond motifs is 11. The third kappa shape index (κ3) is 6.71. The number of para-hydroxylation sites is 2. The highest BCUT2D eigenvalue weighted by Gasteiger charge is 2.51. The van der Waals surface area contributed by atoms with Gasteiger partial charge in [-0.1, -0.05) is 170 Å². The summed E-state index contributed by atoms with van der Waals surface area (Å²) in [4.78, 5) is 7.78. The van der Waals surface area contributed by atoms with Crippen molar-refractivity contribution >= 4 is 63.3 Å². The van der Waals surface area contributed by atoms with E-state index in [0.29, 0.717) is 0 Å². The Balaban J connectivity index is 1.14. The first-order valence-corrected chi connectivity index (χ1v) is 26.6. The summed E-state index contributed by atoms with van der Waals surface area (Å²) in [6.07, 6.45) is 6.91. The highest BCUT2D eigenvalue weighted by atomic mass is 15.2. The zero-order valence-electron chi connectivity index (χ0n) is 42.6. The van der Waals surface area contributed by atoms with Crippen LogP contribution < -0.4 is 25.5 Å². The molecular formula is C68H62BN3. The Kier molecular flexibility index (Phi) is 10.5. The Morgan fingerprint density at radius 3 is 1.67 bits per heavy atom. The van der Waals surface area contributed by atoms with Gasteiger partial charge in [0.05, 0.1) is 0 Å². The minimum Gasteiger partial charge on any atom is -0.376 e. The molecule has 9 aromatic rings. The molecule has 3 nitrogen and oxygen atoms in total. The van der Waals surface area contributed by atoms with Crippen LogP contribution in [-0.4, -0.2) is 6.85 Å². The SMILES string of the molecule is CCCCc1ccc(N(c2ccccc2)c2ccc3c(c2)N(c2ccc(CCCC)cc2)c2cc4c(c5c2B3N(c2ccccc2)c2cc3c(cc2-5)-c2ccccc2C3(C)C)C(C)(C)c2ccccc2-4)cc1. The van der Waals surface area contributed by atoms with Gasteiger partial charge >= 0.3 is 6.85 Å². The van der Waals surface area contributed by atoms with E-state index in [4.69, 9.17) is 0 Å². The van der Waals surface area contributed by atoms with Crippen LogP contribution in [0.2, 0.25) is 0 Å². The Labute approximate surface area is 427 Å². The molecular weight excluding hydrogens is 870 g/mol. The first kappa shape index (κ1) is 44.4. The first-order valence-electron chi connectivity index (χ1n) is 26.6. The van der Waals surface area contributed by atoms with E-state index >= 15 is 0 Å². The van der Waals surface area contributed by atoms with Crippen LogP contribution in [0.5, 0.6) is 0 Å². The van der Waals surface area contributed by atoms with Crippen molar-refractivity contribution in [3.63, 3.8) is 0 Å². The van der Waals surface area contributed by atoms with Gasteiger partial charge in [0.25, 0.3) is 0 Å². The van der Waals surface area contributed by atoms with Crippen LogP contribution in [-0.2, 0) is 23.7 Å². The number of anilines is 8. The van der Waals surface area contributed by atoms with Gasteiger partial charge in [0, 0.05) is 61.9 Å². The Hall–Kier alpha value is -7.56. The van der Waals surface area contributed by atoms with Crippen molar-refractivity contribution in [3.05, 3.63) is 228 Å². The smallest absolute Gasteiger partial charge is 0.333 e. The number of nitrogens with zero attached hydrogens (tertiary/aromatic N) is 3. The van der Waals surface area contributed by atoms with Gasteiger partial charge in [0.15, 0.2) is 0 Å². The summed E-state index contributed by atoms with van der Waals surface area (Å²) in [5.41, 5.74) is 28.1. The van der Waals surface area contributed by atoms with Crippen molar-refractivity contribution < 1.29 is 0 Å². The molecule has 0 fully saturated rings. The molecule has 0 radical (unpaired) electrons. The van der Waals surface area contributed by atoms with E-state index in [1.165, 1.54) is 132 Å². The Bertz CT molecular complexity index is 3560. The van der Waals surface area contributed by atoms with Gasteiger partial charge in [-0.25, -0.2) is 0 Å². The van der Waals surface area contributed by atoms with Crippen molar-refractivity contribution in [1.29, 1.82) is 0 Å². The van der Waals surface area contributed by atoms with Crippen molar-refractivity contribution in [2.24, 2.45) is 0 Å². The van der Waals surface area contributed by atoms with E-state index in [-0.39, 0.29) is 17.7 Å². The summed E-state index contributed by atoms with van der Waals surface area (Å²) in [5.74, 6) is 0. The van der Waals surface area contributed by atoms with Crippen LogP contribution in [0.3, 0.4) is 0 Å². The zero-order valence-corrected chi connectivity index (χ0v) is 42.6. The number of hydrogen-bond donors (Lipinski definition) is 0. The molecule has 0 N–H and O–H groups in total. The maximum atomic E-state index is 2.70. The van der Waals surface area contributed by atoms with Crippen LogP contribution in [0.1, 0.15) is 101 Å². The van der Waals surface area contributed by atoms with Crippen LogP contribution in [0.4, 0.5) is 45.5 Å². The summed E-state index contributed by atoms with van der Waals surface area (Å²) >= 11 is 0. The van der Waals surface area contributed by atoms with E-state index in [9.17, 15) is 0 Å². The van der Waals surface area contributed by atoms with Crippen LogP contribution in [0.15, 0.2) is 194 Å². The Morgan fingerprint density at radius 1 is 0.431 bits per heavy atom. The molecule has 4 heteroatoms. The molecule has 13 rings (SSSR count). The fourth-order valence-electron chi connectivity index (χ4n) is 13.2. The van der Waals surface area contributed by atoms with E-state index < -0.39 is 0 Å². The zero-order chi connectivity index (χ0) is 48.9. The predicted molar refractivity (Wildman–Crippen MR) is 307 cm³/mol. The minimum absolute atomic E-state index is 0.133. The lowest BCUT2D eigenvalue weighted by Gasteiger charge is -2.47. The van der Waals surface area contributed by atoms with E-state index in [1.54, 1.807) is 0 Å². The van der Waals surface area contributed by atoms with Gasteiger partial charge in [-0.05, 0) is 177 Å². The number of unbranched alkanes of at least 4 members (excludes halogenated alkanes) is 2. The first-order chi connectivity index (χ1) is 35.2. The minimum atomic E-state index is -0.249. The molecule has 352 valence electrons. The average Bonchev–Trinajstić information content (AvgIpc) is 3.78. The second kappa shape index (κ2) is 17.1. The van der Waals surface area contributed by atoms with Crippen molar-refractivity contribution in [2.45, 2.75) is 90.9 Å². The monoisotopic (exact) mass is 932 g/mol. The topological polar surface area (TPSA) is 9.72 Å². The second-order valence-corrected chi connectivity index (χ2v) is 21.8. The van der Waals surface area contributed by atoms with Crippen LogP contribution >= 0.6 is 0 Å². The molecule has 0 bridgehead atoms. The summed E-state index contributed by atoms with van der Waals surface area (Å²) in [7, 11) is 0. The molecule has 2 aliphatic carbocycles. The number of benzene rings is 9. The molecule has 0 saturated carbocycles. The quantitative estimate of drug-likeness (QED) is 0.120. The lowest BCUT2D eigenvalue weighted by Crippen LogP contribution is -2.62. The number of rotatable bonds is 11. The number of hydrogen-bond acceptors (Lipinski definition) is 3. The van der Waals surface area contributed by atoms with Crippen LogP contribution in [0.25, 0.3) is 33.4 Å².